The van der Waals surface area contributed by atoms with Crippen LogP contribution in [0.4, 0.5) is 0 Å². The number of aromatic amines is 1. The lowest BCUT2D eigenvalue weighted by atomic mass is 10.9. The van der Waals surface area contributed by atoms with Crippen molar-refractivity contribution in [2.24, 2.45) is 27.3 Å². The van der Waals surface area contributed by atoms with Crippen LogP contribution in [0.5, 0.6) is 0 Å². The van der Waals surface area contributed by atoms with E-state index in [0.29, 0.717) is 0 Å². The number of nitrogens with zero attached hydrogens (tertiary/aromatic N) is 4. The standard InChI is InChI=1S/C4H8N8/c5-3(6)10-4(7)11-12-1-8-9-2-12/h1-2H,(H6,5,6,7,10,11)/p+1. The van der Waals surface area contributed by atoms with Crippen LogP contribution in [-0.4, -0.2) is 22.1 Å². The maximum absolute atomic E-state index is 5.31. The molecule has 0 saturated carbocycles. The van der Waals surface area contributed by atoms with Gasteiger partial charge in [-0.05, 0) is 0 Å². The molecule has 1 heterocycles. The average Bonchev–Trinajstić information content (AvgIpc) is 2.37. The molecule has 0 amide bonds. The number of hydrogen-bond donors (Lipinski definition) is 4. The number of guanidine groups is 2. The topological polar surface area (TPSA) is 135 Å². The molecule has 7 N–H and O–H groups in total. The summed E-state index contributed by atoms with van der Waals surface area (Å²) >= 11 is 0. The van der Waals surface area contributed by atoms with Crippen LogP contribution < -0.4 is 21.9 Å². The van der Waals surface area contributed by atoms with Crippen LogP contribution >= 0.6 is 0 Å². The number of aliphatic imine (C=N–C) groups is 1. The molecule has 0 fully saturated rings. The zero-order valence-corrected chi connectivity index (χ0v) is 6.18. The molecule has 12 heavy (non-hydrogen) atoms. The van der Waals surface area contributed by atoms with Crippen molar-refractivity contribution < 1.29 is 4.68 Å². The zero-order chi connectivity index (χ0) is 8.97. The smallest absolute Gasteiger partial charge is 0.288 e. The van der Waals surface area contributed by atoms with Gasteiger partial charge in [-0.2, -0.15) is 4.99 Å². The van der Waals surface area contributed by atoms with E-state index in [-0.39, 0.29) is 11.9 Å². The molecule has 1 aromatic heterocycles. The molecule has 8 heteroatoms. The van der Waals surface area contributed by atoms with Gasteiger partial charge >= 0.3 is 0 Å². The summed E-state index contributed by atoms with van der Waals surface area (Å²) < 4.78 is 1.34. The summed E-state index contributed by atoms with van der Waals surface area (Å²) in [4.78, 5) is 3.49. The van der Waals surface area contributed by atoms with E-state index in [1.54, 1.807) is 0 Å². The fourth-order valence-electron chi connectivity index (χ4n) is 0.546. The third-order valence-electron chi connectivity index (χ3n) is 0.902. The Morgan fingerprint density at radius 1 is 1.42 bits per heavy atom. The Morgan fingerprint density at radius 2 is 2.17 bits per heavy atom. The van der Waals surface area contributed by atoms with Crippen molar-refractivity contribution in [1.29, 1.82) is 0 Å². The highest BCUT2D eigenvalue weighted by Crippen LogP contribution is 1.68. The van der Waals surface area contributed by atoms with Gasteiger partial charge in [0.1, 0.15) is 0 Å². The maximum Gasteiger partial charge on any atom is 0.288 e. The Hall–Kier alpha value is -2.12. The Morgan fingerprint density at radius 3 is 2.67 bits per heavy atom. The van der Waals surface area contributed by atoms with Crippen LogP contribution in [0.3, 0.4) is 0 Å². The lowest BCUT2D eigenvalue weighted by Crippen LogP contribution is -2.32. The van der Waals surface area contributed by atoms with Crippen molar-refractivity contribution in [2.45, 2.75) is 0 Å². The Balaban J connectivity index is 2.77. The first-order chi connectivity index (χ1) is 5.68. The van der Waals surface area contributed by atoms with Crippen molar-refractivity contribution in [3.05, 3.63) is 12.7 Å². The molecule has 1 rings (SSSR count). The molecular weight excluding hydrogens is 160 g/mol. The van der Waals surface area contributed by atoms with Crippen molar-refractivity contribution in [3.8, 4) is 0 Å². The van der Waals surface area contributed by atoms with Crippen LogP contribution in [0, 0.1) is 0 Å². The van der Waals surface area contributed by atoms with Gasteiger partial charge < -0.3 is 17.2 Å². The summed E-state index contributed by atoms with van der Waals surface area (Å²) in [5, 5.41) is 9.88. The van der Waals surface area contributed by atoms with Gasteiger partial charge in [-0.25, -0.2) is 0 Å². The fraction of sp³-hybridized carbons (Fsp3) is 0. The highest BCUT2D eigenvalue weighted by molar-refractivity contribution is 5.91. The van der Waals surface area contributed by atoms with E-state index >= 15 is 0 Å². The van der Waals surface area contributed by atoms with Crippen LogP contribution in [0.25, 0.3) is 0 Å². The number of nitrogens with two attached hydrogens (primary N) is 3. The molecule has 64 valence electrons. The molecule has 0 aliphatic carbocycles. The second kappa shape index (κ2) is 3.32. The quantitative estimate of drug-likeness (QED) is 0.203. The summed E-state index contributed by atoms with van der Waals surface area (Å²) in [7, 11) is 0. The monoisotopic (exact) mass is 169 g/mol. The van der Waals surface area contributed by atoms with Crippen molar-refractivity contribution >= 4 is 11.9 Å². The minimum absolute atomic E-state index is 0.0404. The molecule has 0 radical (unpaired) electrons. The number of rotatable bonds is 1. The summed E-state index contributed by atoms with van der Waals surface area (Å²) in [6.07, 6.45) is 2.89. The van der Waals surface area contributed by atoms with Crippen LogP contribution in [0.1, 0.15) is 0 Å². The number of aromatic nitrogens is 3. The number of hydrogen-bond acceptors (Lipinski definition) is 2. The first-order valence-corrected chi connectivity index (χ1v) is 3.02. The first-order valence-electron chi connectivity index (χ1n) is 3.02. The lowest BCUT2D eigenvalue weighted by Gasteiger charge is -1.89. The molecule has 0 aromatic carbocycles. The Bertz CT molecular complexity index is 291. The number of nitrogens with one attached hydrogen (secondary N) is 1. The largest absolute Gasteiger partial charge is 0.370 e. The van der Waals surface area contributed by atoms with Crippen LogP contribution in [-0.2, 0) is 0 Å². The maximum atomic E-state index is 5.31. The van der Waals surface area contributed by atoms with E-state index in [9.17, 15) is 0 Å². The van der Waals surface area contributed by atoms with Gasteiger partial charge in [0, 0.05) is 5.10 Å². The van der Waals surface area contributed by atoms with Gasteiger partial charge in [0.05, 0.1) is 0 Å². The minimum atomic E-state index is -0.139. The molecule has 0 unspecified atom stereocenters. The fourth-order valence-corrected chi connectivity index (χ4v) is 0.546. The Kier molecular flexibility index (Phi) is 2.21. The molecule has 0 aliphatic rings. The van der Waals surface area contributed by atoms with E-state index < -0.39 is 0 Å². The molecule has 0 bridgehead atoms. The highest BCUT2D eigenvalue weighted by Gasteiger charge is 1.95. The summed E-state index contributed by atoms with van der Waals surface area (Å²) in [5.74, 6) is -0.179. The predicted molar refractivity (Wildman–Crippen MR) is 41.6 cm³/mol. The molecule has 1 aromatic rings. The van der Waals surface area contributed by atoms with Gasteiger partial charge in [0.25, 0.3) is 12.3 Å². The second-order valence-electron chi connectivity index (χ2n) is 1.88. The van der Waals surface area contributed by atoms with Gasteiger partial charge in [0.2, 0.25) is 6.33 Å². The molecular formula is C4H9N8+. The summed E-state index contributed by atoms with van der Waals surface area (Å²) in [6, 6.07) is 0. The SMILES string of the molecule is NC(N)=N/C(N)=N/[n+]1cn[nH]c1. The highest BCUT2D eigenvalue weighted by atomic mass is 15.4. The van der Waals surface area contributed by atoms with Crippen molar-refractivity contribution in [3.63, 3.8) is 0 Å². The summed E-state index contributed by atoms with van der Waals surface area (Å²) in [6.45, 7) is 0. The molecule has 0 atom stereocenters. The van der Waals surface area contributed by atoms with Crippen LogP contribution in [0.15, 0.2) is 22.7 Å². The van der Waals surface area contributed by atoms with E-state index in [4.69, 9.17) is 17.2 Å². The second-order valence-corrected chi connectivity index (χ2v) is 1.88. The lowest BCUT2D eigenvalue weighted by molar-refractivity contribution is -0.679. The average molecular weight is 169 g/mol. The van der Waals surface area contributed by atoms with Crippen molar-refractivity contribution in [1.82, 2.24) is 10.2 Å². The third-order valence-corrected chi connectivity index (χ3v) is 0.902. The van der Waals surface area contributed by atoms with Gasteiger partial charge in [0.15, 0.2) is 5.96 Å². The molecule has 8 nitrogen and oxygen atoms in total. The minimum Gasteiger partial charge on any atom is -0.370 e. The first kappa shape index (κ1) is 7.98. The van der Waals surface area contributed by atoms with Crippen LogP contribution in [0.2, 0.25) is 0 Å². The number of H-pyrrole nitrogens is 1. The third kappa shape index (κ3) is 2.25. The van der Waals surface area contributed by atoms with Crippen molar-refractivity contribution in [2.75, 3.05) is 0 Å². The Labute approximate surface area is 67.8 Å². The van der Waals surface area contributed by atoms with E-state index in [0.717, 1.165) is 0 Å². The van der Waals surface area contributed by atoms with E-state index in [1.165, 1.54) is 17.3 Å². The molecule has 0 aliphatic heterocycles. The van der Waals surface area contributed by atoms with Gasteiger partial charge in [-0.1, -0.05) is 5.10 Å². The normalized spacial score (nSPS) is 11.2. The van der Waals surface area contributed by atoms with Gasteiger partial charge in [-0.3, -0.25) is 0 Å². The molecule has 0 saturated heterocycles. The summed E-state index contributed by atoms with van der Waals surface area (Å²) in [5.41, 5.74) is 15.4. The van der Waals surface area contributed by atoms with E-state index in [1.807, 2.05) is 0 Å². The predicted octanol–water partition coefficient (Wildman–Crippen LogP) is -2.95. The van der Waals surface area contributed by atoms with E-state index in [2.05, 4.69) is 20.3 Å². The van der Waals surface area contributed by atoms with Gasteiger partial charge in [-0.15, -0.1) is 9.77 Å². The molecule has 0 spiro atoms. The zero-order valence-electron chi connectivity index (χ0n) is 6.18.